The highest BCUT2D eigenvalue weighted by Gasteiger charge is 2.09. The van der Waals surface area contributed by atoms with Gasteiger partial charge in [0, 0.05) is 17.1 Å². The van der Waals surface area contributed by atoms with Gasteiger partial charge >= 0.3 is 0 Å². The molecule has 0 aliphatic rings. The molecule has 2 aromatic rings. The molecule has 0 bridgehead atoms. The minimum atomic E-state index is -0.259. The number of carbonyl (C=O) groups excluding carboxylic acids is 1. The Labute approximate surface area is 102 Å². The molecule has 0 radical (unpaired) electrons. The molecule has 0 aliphatic carbocycles. The summed E-state index contributed by atoms with van der Waals surface area (Å²) in [4.78, 5) is 11.8. The maximum Gasteiger partial charge on any atom is 0.257 e. The summed E-state index contributed by atoms with van der Waals surface area (Å²) in [6, 6.07) is 6.94. The molecule has 17 heavy (non-hydrogen) atoms. The summed E-state index contributed by atoms with van der Waals surface area (Å²) in [6.07, 6.45) is 0. The molecule has 1 aromatic carbocycles. The minimum Gasteiger partial charge on any atom is -0.494 e. The molecule has 6 nitrogen and oxygen atoms in total. The molecular weight excluding hydrogens is 240 g/mol. The van der Waals surface area contributed by atoms with E-state index in [1.165, 1.54) is 0 Å². The van der Waals surface area contributed by atoms with Crippen LogP contribution in [0.5, 0.6) is 5.75 Å². The Balaban J connectivity index is 2.11. The van der Waals surface area contributed by atoms with Crippen LogP contribution in [0, 0.1) is 0 Å². The number of ether oxygens (including phenoxy) is 1. The minimum absolute atomic E-state index is 0.259. The molecule has 0 spiro atoms. The zero-order chi connectivity index (χ0) is 12.1. The Kier molecular flexibility index (Phi) is 3.61. The normalized spacial score (nSPS) is 9.94. The van der Waals surface area contributed by atoms with Gasteiger partial charge in [-0.2, -0.15) is 0 Å². The van der Waals surface area contributed by atoms with Crippen LogP contribution >= 0.6 is 11.5 Å². The van der Waals surface area contributed by atoms with E-state index in [1.54, 1.807) is 24.3 Å². The Morgan fingerprint density at radius 2 is 2.41 bits per heavy atom. The van der Waals surface area contributed by atoms with Crippen molar-refractivity contribution in [3.8, 4) is 5.75 Å². The summed E-state index contributed by atoms with van der Waals surface area (Å²) < 4.78 is 8.87. The molecule has 2 rings (SSSR count). The van der Waals surface area contributed by atoms with Crippen LogP contribution in [0.25, 0.3) is 0 Å². The molecule has 1 heterocycles. The van der Waals surface area contributed by atoms with Crippen molar-refractivity contribution < 1.29 is 9.53 Å². The van der Waals surface area contributed by atoms with Crippen molar-refractivity contribution in [3.05, 3.63) is 29.8 Å². The highest BCUT2D eigenvalue weighted by molar-refractivity contribution is 7.09. The van der Waals surface area contributed by atoms with Gasteiger partial charge in [-0.05, 0) is 30.3 Å². The van der Waals surface area contributed by atoms with E-state index in [-0.39, 0.29) is 5.91 Å². The fourth-order valence-corrected chi connectivity index (χ4v) is 1.61. The maximum absolute atomic E-state index is 11.8. The standard InChI is InChI=1S/C10H10N4O2S/c1-2-16-8-5-3-4-7(6-8)9(15)11-10-12-13-14-17-10/h3-6H,2H2,1H3,(H,11,12,14,15). The van der Waals surface area contributed by atoms with Gasteiger partial charge in [-0.25, -0.2) is 0 Å². The molecular formula is C10H10N4O2S. The zero-order valence-electron chi connectivity index (χ0n) is 9.08. The van der Waals surface area contributed by atoms with E-state index in [0.29, 0.717) is 23.1 Å². The monoisotopic (exact) mass is 250 g/mol. The third-order valence-electron chi connectivity index (χ3n) is 1.93. The first-order chi connectivity index (χ1) is 8.29. The number of nitrogens with zero attached hydrogens (tertiary/aromatic N) is 3. The van der Waals surface area contributed by atoms with Crippen LogP contribution in [0.2, 0.25) is 0 Å². The van der Waals surface area contributed by atoms with Crippen molar-refractivity contribution in [3.63, 3.8) is 0 Å². The lowest BCUT2D eigenvalue weighted by molar-refractivity contribution is 0.102. The first kappa shape index (κ1) is 11.5. The van der Waals surface area contributed by atoms with Crippen molar-refractivity contribution in [1.82, 2.24) is 14.8 Å². The number of hydrogen-bond donors (Lipinski definition) is 1. The van der Waals surface area contributed by atoms with Crippen LogP contribution < -0.4 is 10.1 Å². The van der Waals surface area contributed by atoms with Crippen molar-refractivity contribution in [1.29, 1.82) is 0 Å². The smallest absolute Gasteiger partial charge is 0.257 e. The summed E-state index contributed by atoms with van der Waals surface area (Å²) >= 11 is 1.02. The van der Waals surface area contributed by atoms with Crippen LogP contribution in [-0.2, 0) is 0 Å². The van der Waals surface area contributed by atoms with Crippen LogP contribution in [-0.4, -0.2) is 27.3 Å². The lowest BCUT2D eigenvalue weighted by Gasteiger charge is -2.05. The van der Waals surface area contributed by atoms with Gasteiger partial charge in [0.05, 0.1) is 6.61 Å². The molecule has 0 saturated heterocycles. The Hall–Kier alpha value is -2.02. The first-order valence-electron chi connectivity index (χ1n) is 4.99. The van der Waals surface area contributed by atoms with Crippen LogP contribution in [0.1, 0.15) is 17.3 Å². The second-order valence-corrected chi connectivity index (χ2v) is 3.82. The topological polar surface area (TPSA) is 77.0 Å². The number of aromatic nitrogens is 3. The molecule has 88 valence electrons. The summed E-state index contributed by atoms with van der Waals surface area (Å²) in [7, 11) is 0. The summed E-state index contributed by atoms with van der Waals surface area (Å²) in [5.74, 6) is 0.403. The third-order valence-corrected chi connectivity index (χ3v) is 2.44. The van der Waals surface area contributed by atoms with Crippen LogP contribution in [0.4, 0.5) is 5.13 Å². The van der Waals surface area contributed by atoms with Gasteiger partial charge in [0.2, 0.25) is 5.13 Å². The average molecular weight is 250 g/mol. The van der Waals surface area contributed by atoms with Crippen molar-refractivity contribution in [2.24, 2.45) is 0 Å². The predicted octanol–water partition coefficient (Wildman–Crippen LogP) is 1.58. The average Bonchev–Trinajstić information content (AvgIpc) is 2.83. The number of anilines is 1. The van der Waals surface area contributed by atoms with Crippen LogP contribution in [0.15, 0.2) is 24.3 Å². The number of carbonyl (C=O) groups is 1. The van der Waals surface area contributed by atoms with Gasteiger partial charge in [0.25, 0.3) is 5.91 Å². The van der Waals surface area contributed by atoms with Gasteiger partial charge in [-0.1, -0.05) is 15.7 Å². The Bertz CT molecular complexity index is 501. The first-order valence-corrected chi connectivity index (χ1v) is 5.76. The van der Waals surface area contributed by atoms with E-state index < -0.39 is 0 Å². The van der Waals surface area contributed by atoms with E-state index in [9.17, 15) is 4.79 Å². The second kappa shape index (κ2) is 5.35. The van der Waals surface area contributed by atoms with Gasteiger partial charge in [0.1, 0.15) is 5.75 Å². The fraction of sp³-hybridized carbons (Fsp3) is 0.200. The van der Waals surface area contributed by atoms with Gasteiger partial charge in [-0.15, -0.1) is 0 Å². The van der Waals surface area contributed by atoms with Crippen molar-refractivity contribution in [2.45, 2.75) is 6.92 Å². The van der Waals surface area contributed by atoms with E-state index in [1.807, 2.05) is 6.92 Å². The summed E-state index contributed by atoms with van der Waals surface area (Å²) in [5.41, 5.74) is 0.506. The number of hydrogen-bond acceptors (Lipinski definition) is 6. The van der Waals surface area contributed by atoms with Gasteiger partial charge in [-0.3, -0.25) is 10.1 Å². The molecule has 0 fully saturated rings. The van der Waals surface area contributed by atoms with Crippen LogP contribution in [0.3, 0.4) is 0 Å². The fourth-order valence-electron chi connectivity index (χ4n) is 1.24. The van der Waals surface area contributed by atoms with Crippen molar-refractivity contribution in [2.75, 3.05) is 11.9 Å². The molecule has 0 aliphatic heterocycles. The number of nitrogens with one attached hydrogen (secondary N) is 1. The largest absolute Gasteiger partial charge is 0.494 e. The SMILES string of the molecule is CCOc1cccc(C(=O)Nc2nnns2)c1. The van der Waals surface area contributed by atoms with E-state index >= 15 is 0 Å². The maximum atomic E-state index is 11.8. The van der Waals surface area contributed by atoms with E-state index in [2.05, 4.69) is 20.1 Å². The highest BCUT2D eigenvalue weighted by Crippen LogP contribution is 2.15. The summed E-state index contributed by atoms with van der Waals surface area (Å²) in [5, 5.41) is 10.00. The molecule has 7 heteroatoms. The number of rotatable bonds is 4. The highest BCUT2D eigenvalue weighted by atomic mass is 32.1. The van der Waals surface area contributed by atoms with Gasteiger partial charge in [0.15, 0.2) is 0 Å². The Morgan fingerprint density at radius 1 is 1.53 bits per heavy atom. The molecule has 0 saturated carbocycles. The van der Waals surface area contributed by atoms with E-state index in [4.69, 9.17) is 4.74 Å². The molecule has 0 atom stereocenters. The molecule has 1 aromatic heterocycles. The number of amides is 1. The lowest BCUT2D eigenvalue weighted by atomic mass is 10.2. The quantitative estimate of drug-likeness (QED) is 0.891. The van der Waals surface area contributed by atoms with E-state index in [0.717, 1.165) is 11.5 Å². The Morgan fingerprint density at radius 3 is 3.12 bits per heavy atom. The summed E-state index contributed by atoms with van der Waals surface area (Å²) in [6.45, 7) is 2.45. The predicted molar refractivity (Wildman–Crippen MR) is 63.3 cm³/mol. The molecule has 1 amide bonds. The zero-order valence-corrected chi connectivity index (χ0v) is 9.90. The molecule has 0 unspecified atom stereocenters. The molecule has 1 N–H and O–H groups in total. The van der Waals surface area contributed by atoms with Gasteiger partial charge < -0.3 is 4.74 Å². The lowest BCUT2D eigenvalue weighted by Crippen LogP contribution is -2.11. The second-order valence-electron chi connectivity index (χ2n) is 3.08. The third kappa shape index (κ3) is 2.97. The number of benzene rings is 1. The van der Waals surface area contributed by atoms with Crippen molar-refractivity contribution >= 4 is 22.6 Å².